The van der Waals surface area contributed by atoms with E-state index in [0.29, 0.717) is 30.9 Å². The first-order valence-electron chi connectivity index (χ1n) is 7.27. The summed E-state index contributed by atoms with van der Waals surface area (Å²) in [5.74, 6) is -0.161. The average Bonchev–Trinajstić information content (AvgIpc) is 3.04. The van der Waals surface area contributed by atoms with Gasteiger partial charge in [-0.05, 0) is 37.5 Å². The second-order valence-corrected chi connectivity index (χ2v) is 5.01. The summed E-state index contributed by atoms with van der Waals surface area (Å²) in [5.41, 5.74) is 0.997. The lowest BCUT2D eigenvalue weighted by molar-refractivity contribution is 0.0166. The largest absolute Gasteiger partial charge is 0.379 e. The Morgan fingerprint density at radius 3 is 3.19 bits per heavy atom. The molecule has 1 heterocycles. The van der Waals surface area contributed by atoms with Gasteiger partial charge in [-0.3, -0.25) is 4.79 Å². The zero-order valence-corrected chi connectivity index (χ0v) is 12.0. The number of rotatable bonds is 7. The molecular formula is C16H20N2O3. The molecule has 21 heavy (non-hydrogen) atoms. The molecule has 1 aliphatic rings. The standard InChI is InChI=1S/C16H20N2O3/c17-11-13-4-1-5-14(10-13)16(19)18-7-3-8-20-12-15-6-2-9-21-15/h1,4-5,10,15H,2-3,6-9,12H2,(H,18,19)/t15-/m1/s1. The Bertz CT molecular complexity index is 504. The Kier molecular flexibility index (Phi) is 6.20. The first-order chi connectivity index (χ1) is 10.3. The van der Waals surface area contributed by atoms with E-state index in [1.165, 1.54) is 0 Å². The quantitative estimate of drug-likeness (QED) is 0.778. The van der Waals surface area contributed by atoms with Crippen molar-refractivity contribution in [3.8, 4) is 6.07 Å². The molecule has 1 aromatic carbocycles. The number of nitriles is 1. The van der Waals surface area contributed by atoms with E-state index in [1.54, 1.807) is 24.3 Å². The Labute approximate surface area is 124 Å². The molecule has 112 valence electrons. The zero-order chi connectivity index (χ0) is 14.9. The highest BCUT2D eigenvalue weighted by Crippen LogP contribution is 2.11. The van der Waals surface area contributed by atoms with E-state index < -0.39 is 0 Å². The van der Waals surface area contributed by atoms with Crippen LogP contribution in [0, 0.1) is 11.3 Å². The summed E-state index contributed by atoms with van der Waals surface area (Å²) in [6.45, 7) is 2.64. The molecule has 0 aliphatic carbocycles. The van der Waals surface area contributed by atoms with Gasteiger partial charge in [-0.25, -0.2) is 0 Å². The maximum Gasteiger partial charge on any atom is 0.251 e. The molecule has 1 N–H and O–H groups in total. The van der Waals surface area contributed by atoms with Crippen LogP contribution < -0.4 is 5.32 Å². The van der Waals surface area contributed by atoms with Gasteiger partial charge in [0.1, 0.15) is 0 Å². The third kappa shape index (κ3) is 5.18. The summed E-state index contributed by atoms with van der Waals surface area (Å²) in [5, 5.41) is 11.6. The number of benzene rings is 1. The first-order valence-corrected chi connectivity index (χ1v) is 7.27. The molecular weight excluding hydrogens is 268 g/mol. The van der Waals surface area contributed by atoms with E-state index >= 15 is 0 Å². The summed E-state index contributed by atoms with van der Waals surface area (Å²) in [6.07, 6.45) is 3.20. The Hall–Kier alpha value is -1.90. The number of hydrogen-bond acceptors (Lipinski definition) is 4. The van der Waals surface area contributed by atoms with Crippen molar-refractivity contribution in [3.63, 3.8) is 0 Å². The van der Waals surface area contributed by atoms with Crippen LogP contribution in [0.2, 0.25) is 0 Å². The molecule has 0 unspecified atom stereocenters. The fraction of sp³-hybridized carbons (Fsp3) is 0.500. The van der Waals surface area contributed by atoms with E-state index in [0.717, 1.165) is 25.9 Å². The molecule has 5 nitrogen and oxygen atoms in total. The van der Waals surface area contributed by atoms with Crippen LogP contribution in [0.5, 0.6) is 0 Å². The summed E-state index contributed by atoms with van der Waals surface area (Å²) in [6, 6.07) is 8.69. The predicted molar refractivity (Wildman–Crippen MR) is 77.9 cm³/mol. The molecule has 0 radical (unpaired) electrons. The molecule has 1 amide bonds. The van der Waals surface area contributed by atoms with E-state index in [2.05, 4.69) is 5.32 Å². The average molecular weight is 288 g/mol. The molecule has 1 fully saturated rings. The molecule has 1 aromatic rings. The van der Waals surface area contributed by atoms with E-state index in [4.69, 9.17) is 14.7 Å². The fourth-order valence-electron chi connectivity index (χ4n) is 2.20. The van der Waals surface area contributed by atoms with Crippen LogP contribution in [-0.2, 0) is 9.47 Å². The number of nitrogens with one attached hydrogen (secondary N) is 1. The van der Waals surface area contributed by atoms with Crippen molar-refractivity contribution in [1.82, 2.24) is 5.32 Å². The first kappa shape index (κ1) is 15.5. The third-order valence-electron chi connectivity index (χ3n) is 3.33. The van der Waals surface area contributed by atoms with E-state index in [9.17, 15) is 4.79 Å². The molecule has 0 saturated carbocycles. The van der Waals surface area contributed by atoms with E-state index in [-0.39, 0.29) is 12.0 Å². The number of nitrogens with zero attached hydrogens (tertiary/aromatic N) is 1. The van der Waals surface area contributed by atoms with Crippen molar-refractivity contribution < 1.29 is 14.3 Å². The molecule has 0 aromatic heterocycles. The summed E-state index contributed by atoms with van der Waals surface area (Å²) >= 11 is 0. The Morgan fingerprint density at radius 2 is 2.43 bits per heavy atom. The number of carbonyl (C=O) groups is 1. The van der Waals surface area contributed by atoms with Gasteiger partial charge >= 0.3 is 0 Å². The van der Waals surface area contributed by atoms with Gasteiger partial charge in [0, 0.05) is 25.3 Å². The molecule has 0 bridgehead atoms. The predicted octanol–water partition coefficient (Wildman–Crippen LogP) is 1.87. The highest BCUT2D eigenvalue weighted by molar-refractivity contribution is 5.94. The molecule has 2 rings (SSSR count). The Balaban J connectivity index is 1.59. The van der Waals surface area contributed by atoms with E-state index in [1.807, 2.05) is 6.07 Å². The van der Waals surface area contributed by atoms with Gasteiger partial charge in [0.15, 0.2) is 0 Å². The molecule has 1 aliphatic heterocycles. The number of ether oxygens (including phenoxy) is 2. The number of amides is 1. The summed E-state index contributed by atoms with van der Waals surface area (Å²) in [7, 11) is 0. The highest BCUT2D eigenvalue weighted by Gasteiger charge is 2.14. The monoisotopic (exact) mass is 288 g/mol. The van der Waals surface area contributed by atoms with Crippen LogP contribution >= 0.6 is 0 Å². The second kappa shape index (κ2) is 8.40. The van der Waals surface area contributed by atoms with Gasteiger partial charge in [0.05, 0.1) is 24.3 Å². The van der Waals surface area contributed by atoms with Crippen LogP contribution in [-0.4, -0.2) is 38.4 Å². The third-order valence-corrected chi connectivity index (χ3v) is 3.33. The molecule has 1 atom stereocenters. The van der Waals surface area contributed by atoms with Gasteiger partial charge in [-0.15, -0.1) is 0 Å². The second-order valence-electron chi connectivity index (χ2n) is 5.01. The minimum absolute atomic E-state index is 0.161. The van der Waals surface area contributed by atoms with Crippen molar-refractivity contribution in [3.05, 3.63) is 35.4 Å². The minimum Gasteiger partial charge on any atom is -0.379 e. The molecule has 1 saturated heterocycles. The fourth-order valence-corrected chi connectivity index (χ4v) is 2.20. The molecule has 5 heteroatoms. The van der Waals surface area contributed by atoms with Crippen LogP contribution in [0.15, 0.2) is 24.3 Å². The minimum atomic E-state index is -0.161. The topological polar surface area (TPSA) is 71.4 Å². The maximum atomic E-state index is 11.9. The van der Waals surface area contributed by atoms with Crippen molar-refractivity contribution in [2.24, 2.45) is 0 Å². The lowest BCUT2D eigenvalue weighted by Gasteiger charge is -2.10. The van der Waals surface area contributed by atoms with Crippen molar-refractivity contribution in [2.75, 3.05) is 26.4 Å². The van der Waals surface area contributed by atoms with Gasteiger partial charge < -0.3 is 14.8 Å². The lowest BCUT2D eigenvalue weighted by atomic mass is 10.1. The van der Waals surface area contributed by atoms with Crippen molar-refractivity contribution >= 4 is 5.91 Å². The van der Waals surface area contributed by atoms with Gasteiger partial charge in [0.25, 0.3) is 5.91 Å². The van der Waals surface area contributed by atoms with Crippen LogP contribution in [0.3, 0.4) is 0 Å². The van der Waals surface area contributed by atoms with Crippen molar-refractivity contribution in [1.29, 1.82) is 5.26 Å². The van der Waals surface area contributed by atoms with Crippen LogP contribution in [0.4, 0.5) is 0 Å². The summed E-state index contributed by atoms with van der Waals surface area (Å²) < 4.78 is 11.0. The van der Waals surface area contributed by atoms with Crippen LogP contribution in [0.25, 0.3) is 0 Å². The Morgan fingerprint density at radius 1 is 1.52 bits per heavy atom. The van der Waals surface area contributed by atoms with Gasteiger partial charge in [0.2, 0.25) is 0 Å². The highest BCUT2D eigenvalue weighted by atomic mass is 16.5. The smallest absolute Gasteiger partial charge is 0.251 e. The molecule has 0 spiro atoms. The lowest BCUT2D eigenvalue weighted by Crippen LogP contribution is -2.25. The van der Waals surface area contributed by atoms with Crippen LogP contribution in [0.1, 0.15) is 35.2 Å². The summed E-state index contributed by atoms with van der Waals surface area (Å²) in [4.78, 5) is 11.9. The number of carbonyl (C=O) groups excluding carboxylic acids is 1. The van der Waals surface area contributed by atoms with Gasteiger partial charge in [-0.2, -0.15) is 5.26 Å². The maximum absolute atomic E-state index is 11.9. The zero-order valence-electron chi connectivity index (χ0n) is 12.0. The number of hydrogen-bond donors (Lipinski definition) is 1. The normalized spacial score (nSPS) is 17.4. The van der Waals surface area contributed by atoms with Crippen molar-refractivity contribution in [2.45, 2.75) is 25.4 Å². The SMILES string of the molecule is N#Cc1cccc(C(=O)NCCCOC[C@H]2CCCO2)c1. The van der Waals surface area contributed by atoms with Gasteiger partial charge in [-0.1, -0.05) is 6.07 Å².